The predicted molar refractivity (Wildman–Crippen MR) is 113 cm³/mol. The third-order valence-corrected chi connectivity index (χ3v) is 7.06. The first-order chi connectivity index (χ1) is 12.4. The van der Waals surface area contributed by atoms with E-state index in [0.29, 0.717) is 15.0 Å². The van der Waals surface area contributed by atoms with Gasteiger partial charge in [-0.25, -0.2) is 0 Å². The summed E-state index contributed by atoms with van der Waals surface area (Å²) in [6.45, 7) is 0. The molecule has 0 aromatic heterocycles. The van der Waals surface area contributed by atoms with Gasteiger partial charge in [-0.15, -0.1) is 0 Å². The van der Waals surface area contributed by atoms with Crippen LogP contribution in [0.25, 0.3) is 5.57 Å². The summed E-state index contributed by atoms with van der Waals surface area (Å²) < 4.78 is 1.49. The molecule has 0 nitrogen and oxygen atoms in total. The molecular formula is C23H22SSe. The van der Waals surface area contributed by atoms with Crippen molar-refractivity contribution in [3.05, 3.63) is 103 Å². The van der Waals surface area contributed by atoms with Gasteiger partial charge in [-0.05, 0) is 0 Å². The zero-order valence-electron chi connectivity index (χ0n) is 14.2. The number of thioether (sulfide) groups is 1. The molecule has 0 bridgehead atoms. The van der Waals surface area contributed by atoms with E-state index in [4.69, 9.17) is 0 Å². The topological polar surface area (TPSA) is 0 Å². The molecule has 0 aliphatic rings. The number of benzene rings is 3. The molecule has 0 aliphatic carbocycles. The maximum absolute atomic E-state index is 2.44. The first kappa shape index (κ1) is 18.1. The minimum absolute atomic E-state index is 0.562. The molecule has 0 saturated carbocycles. The van der Waals surface area contributed by atoms with Gasteiger partial charge in [0.15, 0.2) is 0 Å². The summed E-state index contributed by atoms with van der Waals surface area (Å²) in [7, 11) is 0. The second kappa shape index (κ2) is 10.3. The summed E-state index contributed by atoms with van der Waals surface area (Å²) in [6, 6.07) is 32.3. The molecule has 0 spiro atoms. The van der Waals surface area contributed by atoms with Crippen molar-refractivity contribution >= 4 is 36.8 Å². The molecule has 0 amide bonds. The van der Waals surface area contributed by atoms with Crippen LogP contribution in [0.3, 0.4) is 0 Å². The van der Waals surface area contributed by atoms with Crippen molar-refractivity contribution in [1.29, 1.82) is 0 Å². The molecule has 126 valence electrons. The fourth-order valence-corrected chi connectivity index (χ4v) is 5.20. The molecule has 3 aromatic rings. The molecule has 0 N–H and O–H groups in total. The summed E-state index contributed by atoms with van der Waals surface area (Å²) in [6.07, 6.45) is 3.59. The maximum atomic E-state index is 2.44. The van der Waals surface area contributed by atoms with Gasteiger partial charge in [-0.1, -0.05) is 0 Å². The summed E-state index contributed by atoms with van der Waals surface area (Å²) in [5, 5.41) is 1.25. The van der Waals surface area contributed by atoms with E-state index < -0.39 is 0 Å². The van der Waals surface area contributed by atoms with Crippen molar-refractivity contribution in [3.8, 4) is 0 Å². The Morgan fingerprint density at radius 3 is 2.04 bits per heavy atom. The average molecular weight is 409 g/mol. The van der Waals surface area contributed by atoms with E-state index in [-0.39, 0.29) is 0 Å². The van der Waals surface area contributed by atoms with Gasteiger partial charge in [0.05, 0.1) is 0 Å². The van der Waals surface area contributed by atoms with Crippen LogP contribution in [-0.2, 0) is 0 Å². The van der Waals surface area contributed by atoms with Crippen molar-refractivity contribution in [2.24, 2.45) is 0 Å². The molecule has 3 aromatic carbocycles. The Balaban J connectivity index is 1.61. The van der Waals surface area contributed by atoms with Crippen LogP contribution in [0.4, 0.5) is 0 Å². The van der Waals surface area contributed by atoms with Crippen LogP contribution in [0.1, 0.15) is 12.0 Å². The van der Waals surface area contributed by atoms with Crippen molar-refractivity contribution in [2.45, 2.75) is 16.6 Å². The molecule has 0 radical (unpaired) electrons. The van der Waals surface area contributed by atoms with Gasteiger partial charge in [0.1, 0.15) is 0 Å². The molecule has 25 heavy (non-hydrogen) atoms. The molecule has 0 saturated heterocycles. The van der Waals surface area contributed by atoms with Crippen molar-refractivity contribution in [1.82, 2.24) is 0 Å². The van der Waals surface area contributed by atoms with Gasteiger partial charge in [0.25, 0.3) is 0 Å². The summed E-state index contributed by atoms with van der Waals surface area (Å²) in [5.74, 6) is 1.02. The SMILES string of the molecule is C(/CC[Se]c1ccccc1)=C(/CSc1ccccc1)c1ccccc1. The van der Waals surface area contributed by atoms with Crippen LogP contribution in [0.15, 0.2) is 102 Å². The first-order valence-electron chi connectivity index (χ1n) is 8.52. The summed E-state index contributed by atoms with van der Waals surface area (Å²) in [5.41, 5.74) is 2.79. The minimum atomic E-state index is 0.562. The monoisotopic (exact) mass is 410 g/mol. The normalized spacial score (nSPS) is 11.4. The van der Waals surface area contributed by atoms with Crippen molar-refractivity contribution in [3.63, 3.8) is 0 Å². The fourth-order valence-electron chi connectivity index (χ4n) is 2.52. The molecule has 0 fully saturated rings. The number of hydrogen-bond donors (Lipinski definition) is 0. The molecule has 2 heteroatoms. The third kappa shape index (κ3) is 6.25. The molecular weight excluding hydrogens is 387 g/mol. The Morgan fingerprint density at radius 1 is 0.760 bits per heavy atom. The standard InChI is InChI=1S/C23H22SSe/c1-4-11-20(12-5-1)21(19-24-22-14-6-2-7-15-22)13-10-18-25-23-16-8-3-9-17-23/h1-9,11-17H,10,18-19H2/b21-13+. The Morgan fingerprint density at radius 2 is 1.36 bits per heavy atom. The second-order valence-electron chi connectivity index (χ2n) is 5.65. The van der Waals surface area contributed by atoms with Gasteiger partial charge in [-0.2, -0.15) is 0 Å². The van der Waals surface area contributed by atoms with Crippen LogP contribution in [0, 0.1) is 0 Å². The summed E-state index contributed by atoms with van der Waals surface area (Å²) >= 11 is 2.48. The van der Waals surface area contributed by atoms with Crippen LogP contribution in [-0.4, -0.2) is 20.7 Å². The molecule has 0 heterocycles. The van der Waals surface area contributed by atoms with E-state index in [9.17, 15) is 0 Å². The Kier molecular flexibility index (Phi) is 7.45. The third-order valence-electron chi connectivity index (χ3n) is 3.80. The fraction of sp³-hybridized carbons (Fsp3) is 0.130. The van der Waals surface area contributed by atoms with E-state index >= 15 is 0 Å². The zero-order valence-corrected chi connectivity index (χ0v) is 16.7. The number of allylic oxidation sites excluding steroid dienone is 1. The number of rotatable bonds is 8. The van der Waals surface area contributed by atoms with Crippen molar-refractivity contribution in [2.75, 3.05) is 5.75 Å². The van der Waals surface area contributed by atoms with Gasteiger partial charge in [-0.3, -0.25) is 0 Å². The van der Waals surface area contributed by atoms with Crippen LogP contribution >= 0.6 is 11.8 Å². The molecule has 0 unspecified atom stereocenters. The van der Waals surface area contributed by atoms with Gasteiger partial charge < -0.3 is 0 Å². The van der Waals surface area contributed by atoms with E-state index in [1.807, 2.05) is 11.8 Å². The van der Waals surface area contributed by atoms with E-state index in [1.54, 1.807) is 0 Å². The Labute approximate surface area is 161 Å². The van der Waals surface area contributed by atoms with E-state index in [2.05, 4.69) is 97.1 Å². The average Bonchev–Trinajstić information content (AvgIpc) is 2.70. The Hall–Kier alpha value is -1.73. The van der Waals surface area contributed by atoms with Gasteiger partial charge in [0.2, 0.25) is 0 Å². The van der Waals surface area contributed by atoms with Crippen LogP contribution in [0.2, 0.25) is 5.32 Å². The zero-order chi connectivity index (χ0) is 17.2. The second-order valence-corrected chi connectivity index (χ2v) is 9.15. The quantitative estimate of drug-likeness (QED) is 0.261. The molecule has 3 rings (SSSR count). The number of hydrogen-bond acceptors (Lipinski definition) is 1. The predicted octanol–water partition coefficient (Wildman–Crippen LogP) is 5.70. The van der Waals surface area contributed by atoms with Gasteiger partial charge >= 0.3 is 162 Å². The van der Waals surface area contributed by atoms with Crippen LogP contribution < -0.4 is 4.46 Å². The molecule has 0 atom stereocenters. The van der Waals surface area contributed by atoms with Gasteiger partial charge in [0, 0.05) is 0 Å². The first-order valence-corrected chi connectivity index (χ1v) is 11.6. The Bertz CT molecular complexity index is 767. The summed E-state index contributed by atoms with van der Waals surface area (Å²) in [4.78, 5) is 1.33. The van der Waals surface area contributed by atoms with E-state index in [1.165, 1.54) is 25.8 Å². The molecule has 0 aliphatic heterocycles. The van der Waals surface area contributed by atoms with Crippen molar-refractivity contribution < 1.29 is 0 Å². The van der Waals surface area contributed by atoms with E-state index in [0.717, 1.165) is 12.2 Å². The van der Waals surface area contributed by atoms with Crippen LogP contribution in [0.5, 0.6) is 0 Å².